The number of esters is 2. The van der Waals surface area contributed by atoms with Crippen LogP contribution in [0.5, 0.6) is 0 Å². The van der Waals surface area contributed by atoms with Crippen molar-refractivity contribution >= 4 is 11.9 Å². The van der Waals surface area contributed by atoms with Crippen LogP contribution in [0, 0.1) is 11.8 Å². The molecule has 0 unspecified atom stereocenters. The molecule has 0 amide bonds. The van der Waals surface area contributed by atoms with E-state index in [4.69, 9.17) is 9.47 Å². The lowest BCUT2D eigenvalue weighted by molar-refractivity contribution is -0.166. The summed E-state index contributed by atoms with van der Waals surface area (Å²) in [6.45, 7) is 7.54. The highest BCUT2D eigenvalue weighted by molar-refractivity contribution is 5.83. The van der Waals surface area contributed by atoms with Gasteiger partial charge in [0, 0.05) is 0 Å². The molecule has 100 valence electrons. The summed E-state index contributed by atoms with van der Waals surface area (Å²) in [5.74, 6) is -2.00. The van der Waals surface area contributed by atoms with Crippen molar-refractivity contribution in [1.29, 1.82) is 0 Å². The molecule has 0 aromatic rings. The molecule has 0 rings (SSSR count). The molecule has 0 saturated carbocycles. The summed E-state index contributed by atoms with van der Waals surface area (Å²) >= 11 is 0. The summed E-state index contributed by atoms with van der Waals surface area (Å²) < 4.78 is 9.55. The first-order valence-corrected chi connectivity index (χ1v) is 5.95. The van der Waals surface area contributed by atoms with Gasteiger partial charge in [0.05, 0.1) is 19.1 Å². The summed E-state index contributed by atoms with van der Waals surface area (Å²) in [6, 6.07) is 0. The quantitative estimate of drug-likeness (QED) is 0.682. The Labute approximate surface area is 102 Å². The summed E-state index contributed by atoms with van der Waals surface area (Å²) in [5.41, 5.74) is 0. The number of hydrogen-bond acceptors (Lipinski definition) is 5. The van der Waals surface area contributed by atoms with Crippen molar-refractivity contribution < 1.29 is 24.2 Å². The normalized spacial score (nSPS) is 14.2. The smallest absolute Gasteiger partial charge is 0.335 e. The number of hydrogen-bond donors (Lipinski definition) is 1. The van der Waals surface area contributed by atoms with E-state index in [0.717, 1.165) is 0 Å². The van der Waals surface area contributed by atoms with Crippen molar-refractivity contribution in [3.05, 3.63) is 0 Å². The van der Waals surface area contributed by atoms with Gasteiger partial charge in [-0.1, -0.05) is 13.8 Å². The first-order chi connectivity index (χ1) is 7.93. The van der Waals surface area contributed by atoms with Gasteiger partial charge in [-0.2, -0.15) is 0 Å². The first-order valence-electron chi connectivity index (χ1n) is 5.95. The summed E-state index contributed by atoms with van der Waals surface area (Å²) in [4.78, 5) is 23.0. The summed E-state index contributed by atoms with van der Waals surface area (Å²) in [5, 5.41) is 9.78. The predicted molar refractivity (Wildman–Crippen MR) is 62.2 cm³/mol. The van der Waals surface area contributed by atoms with Crippen LogP contribution in [-0.2, 0) is 19.1 Å². The Balaban J connectivity index is 4.65. The van der Waals surface area contributed by atoms with E-state index in [2.05, 4.69) is 0 Å². The van der Waals surface area contributed by atoms with E-state index in [1.54, 1.807) is 13.8 Å². The van der Waals surface area contributed by atoms with Gasteiger partial charge < -0.3 is 14.6 Å². The topological polar surface area (TPSA) is 72.8 Å². The fourth-order valence-corrected chi connectivity index (χ4v) is 1.50. The minimum Gasteiger partial charge on any atom is -0.466 e. The molecule has 0 aromatic carbocycles. The van der Waals surface area contributed by atoms with Gasteiger partial charge in [-0.25, -0.2) is 4.79 Å². The molecule has 0 aromatic heterocycles. The highest BCUT2D eigenvalue weighted by Gasteiger charge is 2.34. The Kier molecular flexibility index (Phi) is 7.54. The maximum atomic E-state index is 11.6. The van der Waals surface area contributed by atoms with Crippen LogP contribution in [-0.4, -0.2) is 36.4 Å². The van der Waals surface area contributed by atoms with Crippen LogP contribution in [0.15, 0.2) is 0 Å². The van der Waals surface area contributed by atoms with Crippen LogP contribution in [0.25, 0.3) is 0 Å². The zero-order valence-corrected chi connectivity index (χ0v) is 10.9. The molecule has 5 heteroatoms. The third-order valence-electron chi connectivity index (χ3n) is 2.22. The van der Waals surface area contributed by atoms with E-state index >= 15 is 0 Å². The molecule has 0 heterocycles. The zero-order valence-electron chi connectivity index (χ0n) is 10.9. The van der Waals surface area contributed by atoms with Gasteiger partial charge in [-0.3, -0.25) is 4.79 Å². The van der Waals surface area contributed by atoms with Crippen LogP contribution >= 0.6 is 0 Å². The third-order valence-corrected chi connectivity index (χ3v) is 2.22. The van der Waals surface area contributed by atoms with Gasteiger partial charge >= 0.3 is 11.9 Å². The van der Waals surface area contributed by atoms with E-state index in [1.807, 2.05) is 13.8 Å². The molecule has 0 aliphatic rings. The second-order valence-corrected chi connectivity index (χ2v) is 4.18. The first kappa shape index (κ1) is 15.9. The molecule has 1 N–H and O–H groups in total. The Bertz CT molecular complexity index is 249. The molecule has 0 fully saturated rings. The molecule has 0 saturated heterocycles. The SMILES string of the molecule is CCOC(=O)[C@@H](O)[C@@H](CC(C)C)C(=O)OCC. The standard InChI is InChI=1S/C12H22O5/c1-5-16-11(14)9(7-8(3)4)10(13)12(15)17-6-2/h8-10,13H,5-7H2,1-4H3/t9-,10+/m1/s1. The van der Waals surface area contributed by atoms with Gasteiger partial charge in [0.15, 0.2) is 6.10 Å². The lowest BCUT2D eigenvalue weighted by Gasteiger charge is -2.21. The highest BCUT2D eigenvalue weighted by Crippen LogP contribution is 2.18. The summed E-state index contributed by atoms with van der Waals surface area (Å²) in [7, 11) is 0. The van der Waals surface area contributed by atoms with Gasteiger partial charge in [-0.15, -0.1) is 0 Å². The number of aliphatic hydroxyl groups is 1. The molecule has 2 atom stereocenters. The lowest BCUT2D eigenvalue weighted by Crippen LogP contribution is -2.38. The number of carbonyl (C=O) groups is 2. The number of ether oxygens (including phenoxy) is 2. The van der Waals surface area contributed by atoms with Gasteiger partial charge in [0.1, 0.15) is 0 Å². The van der Waals surface area contributed by atoms with Gasteiger partial charge in [-0.05, 0) is 26.2 Å². The van der Waals surface area contributed by atoms with Crippen molar-refractivity contribution in [1.82, 2.24) is 0 Å². The molecule has 0 aliphatic carbocycles. The molecule has 5 nitrogen and oxygen atoms in total. The van der Waals surface area contributed by atoms with E-state index in [0.29, 0.717) is 6.42 Å². The molecule has 0 spiro atoms. The van der Waals surface area contributed by atoms with E-state index in [9.17, 15) is 14.7 Å². The summed E-state index contributed by atoms with van der Waals surface area (Å²) in [6.07, 6.45) is -1.06. The van der Waals surface area contributed by atoms with E-state index in [1.165, 1.54) is 0 Å². The molecular formula is C12H22O5. The van der Waals surface area contributed by atoms with Crippen LogP contribution in [0.1, 0.15) is 34.1 Å². The minimum atomic E-state index is -1.45. The minimum absolute atomic E-state index is 0.174. The van der Waals surface area contributed by atoms with Crippen molar-refractivity contribution in [2.75, 3.05) is 13.2 Å². The van der Waals surface area contributed by atoms with Gasteiger partial charge in [0.25, 0.3) is 0 Å². The van der Waals surface area contributed by atoms with Crippen molar-refractivity contribution in [2.45, 2.75) is 40.2 Å². The van der Waals surface area contributed by atoms with E-state index < -0.39 is 24.0 Å². The van der Waals surface area contributed by atoms with Gasteiger partial charge in [0.2, 0.25) is 0 Å². The molecule has 0 radical (unpaired) electrons. The maximum absolute atomic E-state index is 11.6. The molecule has 0 bridgehead atoms. The van der Waals surface area contributed by atoms with Crippen molar-refractivity contribution in [3.63, 3.8) is 0 Å². The van der Waals surface area contributed by atoms with Crippen LogP contribution in [0.3, 0.4) is 0 Å². The van der Waals surface area contributed by atoms with Crippen LogP contribution in [0.2, 0.25) is 0 Å². The second kappa shape index (κ2) is 8.06. The Morgan fingerprint density at radius 1 is 1.06 bits per heavy atom. The van der Waals surface area contributed by atoms with E-state index in [-0.39, 0.29) is 19.1 Å². The third kappa shape index (κ3) is 5.68. The molecule has 17 heavy (non-hydrogen) atoms. The van der Waals surface area contributed by atoms with Crippen LogP contribution < -0.4 is 0 Å². The fourth-order valence-electron chi connectivity index (χ4n) is 1.50. The zero-order chi connectivity index (χ0) is 13.4. The second-order valence-electron chi connectivity index (χ2n) is 4.18. The average molecular weight is 246 g/mol. The lowest BCUT2D eigenvalue weighted by atomic mass is 9.92. The highest BCUT2D eigenvalue weighted by atomic mass is 16.6. The van der Waals surface area contributed by atoms with Crippen LogP contribution in [0.4, 0.5) is 0 Å². The Morgan fingerprint density at radius 3 is 1.94 bits per heavy atom. The number of rotatable bonds is 7. The number of aliphatic hydroxyl groups excluding tert-OH is 1. The van der Waals surface area contributed by atoms with Crippen molar-refractivity contribution in [2.24, 2.45) is 11.8 Å². The average Bonchev–Trinajstić information content (AvgIpc) is 2.25. The predicted octanol–water partition coefficient (Wildman–Crippen LogP) is 1.14. The largest absolute Gasteiger partial charge is 0.466 e. The van der Waals surface area contributed by atoms with Crippen molar-refractivity contribution in [3.8, 4) is 0 Å². The Morgan fingerprint density at radius 2 is 1.53 bits per heavy atom. The monoisotopic (exact) mass is 246 g/mol. The molecule has 0 aliphatic heterocycles. The maximum Gasteiger partial charge on any atom is 0.335 e. The molecular weight excluding hydrogens is 224 g/mol. The number of carbonyl (C=O) groups excluding carboxylic acids is 2. The Hall–Kier alpha value is -1.10. The fraction of sp³-hybridized carbons (Fsp3) is 0.833.